The number of hydrogen-bond acceptors (Lipinski definition) is 3. The summed E-state index contributed by atoms with van der Waals surface area (Å²) in [6, 6.07) is 6.16. The van der Waals surface area contributed by atoms with Crippen LogP contribution in [0.2, 0.25) is 0 Å². The second kappa shape index (κ2) is 5.70. The summed E-state index contributed by atoms with van der Waals surface area (Å²) in [7, 11) is 0. The quantitative estimate of drug-likeness (QED) is 0.927. The number of aromatic nitrogens is 2. The summed E-state index contributed by atoms with van der Waals surface area (Å²) in [6.07, 6.45) is 5.50. The Morgan fingerprint density at radius 1 is 1.26 bits per heavy atom. The first-order valence-corrected chi connectivity index (χ1v) is 7.05. The van der Waals surface area contributed by atoms with Gasteiger partial charge in [0, 0.05) is 35.0 Å². The van der Waals surface area contributed by atoms with Crippen molar-refractivity contribution in [1.29, 1.82) is 0 Å². The first-order chi connectivity index (χ1) is 8.99. The normalized spacial score (nSPS) is 11.4. The summed E-state index contributed by atoms with van der Waals surface area (Å²) in [5.74, 6) is 0.905. The van der Waals surface area contributed by atoms with E-state index in [1.807, 2.05) is 24.7 Å². The highest BCUT2D eigenvalue weighted by Crippen LogP contribution is 2.23. The molecule has 2 rings (SSSR count). The standard InChI is InChI=1S/C15H18BrN3/c1-11-8-14(18-9-13(11)16)19-10-15(2,3)12-4-6-17-7-5-12/h4-9H,10H2,1-3H3,(H,18,19). The predicted octanol–water partition coefficient (Wildman–Crippen LogP) is 3.94. The fourth-order valence-corrected chi connectivity index (χ4v) is 2.07. The Labute approximate surface area is 122 Å². The van der Waals surface area contributed by atoms with Gasteiger partial charge in [-0.05, 0) is 52.2 Å². The number of aryl methyl sites for hydroxylation is 1. The van der Waals surface area contributed by atoms with Gasteiger partial charge >= 0.3 is 0 Å². The fourth-order valence-electron chi connectivity index (χ4n) is 1.85. The van der Waals surface area contributed by atoms with E-state index in [-0.39, 0.29) is 5.41 Å². The lowest BCUT2D eigenvalue weighted by Gasteiger charge is -2.25. The highest BCUT2D eigenvalue weighted by atomic mass is 79.9. The van der Waals surface area contributed by atoms with Crippen molar-refractivity contribution in [3.05, 3.63) is 52.4 Å². The lowest BCUT2D eigenvalue weighted by atomic mass is 9.85. The first kappa shape index (κ1) is 14.0. The largest absolute Gasteiger partial charge is 0.369 e. The molecular formula is C15H18BrN3. The van der Waals surface area contributed by atoms with Crippen LogP contribution < -0.4 is 5.32 Å². The van der Waals surface area contributed by atoms with Gasteiger partial charge in [-0.2, -0.15) is 0 Å². The van der Waals surface area contributed by atoms with Crippen LogP contribution >= 0.6 is 15.9 Å². The van der Waals surface area contributed by atoms with Gasteiger partial charge in [0.2, 0.25) is 0 Å². The zero-order valence-electron chi connectivity index (χ0n) is 11.4. The van der Waals surface area contributed by atoms with Gasteiger partial charge in [0.05, 0.1) is 0 Å². The van der Waals surface area contributed by atoms with Crippen LogP contribution in [0.5, 0.6) is 0 Å². The molecule has 0 aliphatic rings. The molecule has 2 heterocycles. The second-order valence-electron chi connectivity index (χ2n) is 5.29. The van der Waals surface area contributed by atoms with Crippen LogP contribution in [-0.2, 0) is 5.41 Å². The van der Waals surface area contributed by atoms with E-state index < -0.39 is 0 Å². The Kier molecular flexibility index (Phi) is 4.20. The average molecular weight is 320 g/mol. The lowest BCUT2D eigenvalue weighted by molar-refractivity contribution is 0.555. The van der Waals surface area contributed by atoms with E-state index in [1.54, 1.807) is 0 Å². The number of nitrogens with one attached hydrogen (secondary N) is 1. The van der Waals surface area contributed by atoms with Crippen molar-refractivity contribution in [2.24, 2.45) is 0 Å². The number of rotatable bonds is 4. The third kappa shape index (κ3) is 3.53. The third-order valence-corrected chi connectivity index (χ3v) is 4.05. The van der Waals surface area contributed by atoms with Gasteiger partial charge in [0.1, 0.15) is 5.82 Å². The maximum Gasteiger partial charge on any atom is 0.126 e. The smallest absolute Gasteiger partial charge is 0.126 e. The SMILES string of the molecule is Cc1cc(NCC(C)(C)c2ccncc2)ncc1Br. The van der Waals surface area contributed by atoms with Crippen LogP contribution in [-0.4, -0.2) is 16.5 Å². The first-order valence-electron chi connectivity index (χ1n) is 6.25. The molecule has 0 bridgehead atoms. The molecule has 2 aromatic heterocycles. The molecule has 0 saturated carbocycles. The molecule has 0 aliphatic carbocycles. The molecule has 3 nitrogen and oxygen atoms in total. The summed E-state index contributed by atoms with van der Waals surface area (Å²) in [5.41, 5.74) is 2.48. The van der Waals surface area contributed by atoms with Crippen molar-refractivity contribution >= 4 is 21.7 Å². The number of halogens is 1. The Balaban J connectivity index is 2.07. The zero-order valence-corrected chi connectivity index (χ0v) is 13.0. The molecule has 0 fully saturated rings. The lowest BCUT2D eigenvalue weighted by Crippen LogP contribution is -2.27. The number of anilines is 1. The fraction of sp³-hybridized carbons (Fsp3) is 0.333. The van der Waals surface area contributed by atoms with Gasteiger partial charge in [0.15, 0.2) is 0 Å². The number of nitrogens with zero attached hydrogens (tertiary/aromatic N) is 2. The van der Waals surface area contributed by atoms with Gasteiger partial charge in [-0.1, -0.05) is 13.8 Å². The average Bonchev–Trinajstić information content (AvgIpc) is 2.41. The minimum Gasteiger partial charge on any atom is -0.369 e. The molecule has 0 aliphatic heterocycles. The van der Waals surface area contributed by atoms with Crippen molar-refractivity contribution in [1.82, 2.24) is 9.97 Å². The molecule has 100 valence electrons. The summed E-state index contributed by atoms with van der Waals surface area (Å²) in [5, 5.41) is 3.40. The van der Waals surface area contributed by atoms with Crippen molar-refractivity contribution in [3.8, 4) is 0 Å². The molecule has 0 atom stereocenters. The van der Waals surface area contributed by atoms with Crippen molar-refractivity contribution < 1.29 is 0 Å². The van der Waals surface area contributed by atoms with Crippen LogP contribution in [0.3, 0.4) is 0 Å². The van der Waals surface area contributed by atoms with Gasteiger partial charge < -0.3 is 5.32 Å². The van der Waals surface area contributed by atoms with E-state index in [0.717, 1.165) is 16.8 Å². The highest BCUT2D eigenvalue weighted by molar-refractivity contribution is 9.10. The summed E-state index contributed by atoms with van der Waals surface area (Å²) in [6.45, 7) is 7.30. The molecule has 0 spiro atoms. The van der Waals surface area contributed by atoms with E-state index in [9.17, 15) is 0 Å². The topological polar surface area (TPSA) is 37.8 Å². The van der Waals surface area contributed by atoms with Crippen LogP contribution in [0.15, 0.2) is 41.3 Å². The van der Waals surface area contributed by atoms with Crippen molar-refractivity contribution in [3.63, 3.8) is 0 Å². The van der Waals surface area contributed by atoms with Crippen LogP contribution in [0.4, 0.5) is 5.82 Å². The maximum absolute atomic E-state index is 4.37. The Morgan fingerprint density at radius 3 is 2.58 bits per heavy atom. The third-order valence-electron chi connectivity index (χ3n) is 3.22. The van der Waals surface area contributed by atoms with Gasteiger partial charge in [-0.15, -0.1) is 0 Å². The van der Waals surface area contributed by atoms with Crippen molar-refractivity contribution in [2.45, 2.75) is 26.2 Å². The van der Waals surface area contributed by atoms with Crippen LogP contribution in [0.25, 0.3) is 0 Å². The second-order valence-corrected chi connectivity index (χ2v) is 6.15. The van der Waals surface area contributed by atoms with E-state index in [2.05, 4.69) is 64.1 Å². The summed E-state index contributed by atoms with van der Waals surface area (Å²) >= 11 is 3.46. The van der Waals surface area contributed by atoms with Gasteiger partial charge in [-0.3, -0.25) is 4.98 Å². The monoisotopic (exact) mass is 319 g/mol. The Hall–Kier alpha value is -1.42. The number of pyridine rings is 2. The van der Waals surface area contributed by atoms with Gasteiger partial charge in [-0.25, -0.2) is 4.98 Å². The molecule has 2 aromatic rings. The molecule has 0 aromatic carbocycles. The van der Waals surface area contributed by atoms with Gasteiger partial charge in [0.25, 0.3) is 0 Å². The molecule has 19 heavy (non-hydrogen) atoms. The minimum absolute atomic E-state index is 0.0333. The zero-order chi connectivity index (χ0) is 13.9. The summed E-state index contributed by atoms with van der Waals surface area (Å²) in [4.78, 5) is 8.43. The van der Waals surface area contributed by atoms with E-state index in [1.165, 1.54) is 11.1 Å². The molecule has 0 unspecified atom stereocenters. The van der Waals surface area contributed by atoms with Crippen LogP contribution in [0, 0.1) is 6.92 Å². The molecule has 4 heteroatoms. The Morgan fingerprint density at radius 2 is 1.95 bits per heavy atom. The molecular weight excluding hydrogens is 302 g/mol. The van der Waals surface area contributed by atoms with Crippen LogP contribution in [0.1, 0.15) is 25.0 Å². The Bertz CT molecular complexity index is 553. The van der Waals surface area contributed by atoms with E-state index in [4.69, 9.17) is 0 Å². The summed E-state index contributed by atoms with van der Waals surface area (Å²) < 4.78 is 1.03. The van der Waals surface area contributed by atoms with Crippen molar-refractivity contribution in [2.75, 3.05) is 11.9 Å². The van der Waals surface area contributed by atoms with E-state index in [0.29, 0.717) is 0 Å². The van der Waals surface area contributed by atoms with E-state index >= 15 is 0 Å². The molecule has 0 amide bonds. The molecule has 0 radical (unpaired) electrons. The molecule has 0 saturated heterocycles. The predicted molar refractivity (Wildman–Crippen MR) is 82.4 cm³/mol. The minimum atomic E-state index is 0.0333. The maximum atomic E-state index is 4.37. The molecule has 1 N–H and O–H groups in total. The highest BCUT2D eigenvalue weighted by Gasteiger charge is 2.20. The number of hydrogen-bond donors (Lipinski definition) is 1.